The van der Waals surface area contributed by atoms with E-state index in [0.717, 1.165) is 43.9 Å². The number of hydrogen-bond donors (Lipinski definition) is 1. The molecule has 0 radical (unpaired) electrons. The highest BCUT2D eigenvalue weighted by molar-refractivity contribution is 5.83. The van der Waals surface area contributed by atoms with E-state index in [1.165, 1.54) is 16.5 Å². The van der Waals surface area contributed by atoms with Crippen molar-refractivity contribution in [2.75, 3.05) is 13.1 Å². The number of H-pyrrole nitrogens is 1. The lowest BCUT2D eigenvalue weighted by molar-refractivity contribution is 0.198. The fraction of sp³-hybridized carbons (Fsp3) is 0.273. The lowest BCUT2D eigenvalue weighted by Crippen LogP contribution is -2.32. The molecule has 0 atom stereocenters. The molecule has 1 aliphatic heterocycles. The van der Waals surface area contributed by atoms with Gasteiger partial charge in [-0.3, -0.25) is 4.90 Å². The number of nitrogens with zero attached hydrogens (tertiary/aromatic N) is 3. The van der Waals surface area contributed by atoms with Gasteiger partial charge in [0.05, 0.1) is 6.54 Å². The second-order valence-electron chi connectivity index (χ2n) is 7.22. The average Bonchev–Trinajstić information content (AvgIpc) is 3.37. The molecule has 27 heavy (non-hydrogen) atoms. The van der Waals surface area contributed by atoms with Gasteiger partial charge in [0.25, 0.3) is 5.89 Å². The van der Waals surface area contributed by atoms with Crippen molar-refractivity contribution in [2.45, 2.75) is 25.3 Å². The first kappa shape index (κ1) is 16.3. The molecule has 1 aliphatic rings. The van der Waals surface area contributed by atoms with E-state index in [2.05, 4.69) is 50.5 Å². The highest BCUT2D eigenvalue weighted by Crippen LogP contribution is 2.33. The number of rotatable bonds is 4. The van der Waals surface area contributed by atoms with E-state index in [9.17, 15) is 0 Å². The summed E-state index contributed by atoms with van der Waals surface area (Å²) >= 11 is 0. The Balaban J connectivity index is 1.23. The minimum Gasteiger partial charge on any atom is -0.361 e. The van der Waals surface area contributed by atoms with Gasteiger partial charge in [0.1, 0.15) is 0 Å². The Morgan fingerprint density at radius 1 is 1.00 bits per heavy atom. The zero-order valence-corrected chi connectivity index (χ0v) is 15.1. The SMILES string of the molecule is c1ccc(-c2nc(CN3CCC(c4c[nH]c5ccccc45)CC3)no2)cc1. The molecule has 0 spiro atoms. The van der Waals surface area contributed by atoms with E-state index < -0.39 is 0 Å². The summed E-state index contributed by atoms with van der Waals surface area (Å²) in [5.41, 5.74) is 3.65. The quantitative estimate of drug-likeness (QED) is 0.579. The zero-order valence-electron chi connectivity index (χ0n) is 15.1. The van der Waals surface area contributed by atoms with Crippen molar-refractivity contribution in [3.05, 3.63) is 72.2 Å². The van der Waals surface area contributed by atoms with Crippen LogP contribution in [0, 0.1) is 0 Å². The van der Waals surface area contributed by atoms with Gasteiger partial charge >= 0.3 is 0 Å². The molecule has 2 aromatic heterocycles. The smallest absolute Gasteiger partial charge is 0.257 e. The molecule has 1 saturated heterocycles. The number of para-hydroxylation sites is 1. The van der Waals surface area contributed by atoms with Gasteiger partial charge in [0.2, 0.25) is 0 Å². The molecule has 0 unspecified atom stereocenters. The maximum Gasteiger partial charge on any atom is 0.257 e. The topological polar surface area (TPSA) is 58.0 Å². The first-order valence-corrected chi connectivity index (χ1v) is 9.53. The molecule has 1 fully saturated rings. The van der Waals surface area contributed by atoms with E-state index in [-0.39, 0.29) is 0 Å². The lowest BCUT2D eigenvalue weighted by Gasteiger charge is -2.31. The molecule has 3 heterocycles. The fourth-order valence-electron chi connectivity index (χ4n) is 4.05. The predicted molar refractivity (Wildman–Crippen MR) is 105 cm³/mol. The van der Waals surface area contributed by atoms with Crippen LogP contribution in [0.4, 0.5) is 0 Å². The van der Waals surface area contributed by atoms with Crippen molar-refractivity contribution in [2.24, 2.45) is 0 Å². The number of fused-ring (bicyclic) bond motifs is 1. The van der Waals surface area contributed by atoms with Crippen LogP contribution in [0.1, 0.15) is 30.1 Å². The summed E-state index contributed by atoms with van der Waals surface area (Å²) in [4.78, 5) is 10.4. The highest BCUT2D eigenvalue weighted by atomic mass is 16.5. The Labute approximate surface area is 158 Å². The van der Waals surface area contributed by atoms with Gasteiger partial charge in [-0.05, 0) is 55.6 Å². The van der Waals surface area contributed by atoms with E-state index >= 15 is 0 Å². The number of piperidine rings is 1. The second-order valence-corrected chi connectivity index (χ2v) is 7.22. The van der Waals surface area contributed by atoms with Crippen molar-refractivity contribution < 1.29 is 4.52 Å². The van der Waals surface area contributed by atoms with Gasteiger partial charge in [0.15, 0.2) is 5.82 Å². The predicted octanol–water partition coefficient (Wildman–Crippen LogP) is 4.60. The fourth-order valence-corrected chi connectivity index (χ4v) is 4.05. The van der Waals surface area contributed by atoms with Crippen LogP contribution in [0.2, 0.25) is 0 Å². The monoisotopic (exact) mass is 358 g/mol. The van der Waals surface area contributed by atoms with Gasteiger partial charge in [-0.25, -0.2) is 0 Å². The summed E-state index contributed by atoms with van der Waals surface area (Å²) in [7, 11) is 0. The van der Waals surface area contributed by atoms with E-state index in [0.29, 0.717) is 11.8 Å². The van der Waals surface area contributed by atoms with Crippen LogP contribution in [0.25, 0.3) is 22.4 Å². The van der Waals surface area contributed by atoms with E-state index in [1.807, 2.05) is 30.3 Å². The van der Waals surface area contributed by atoms with E-state index in [4.69, 9.17) is 4.52 Å². The minimum absolute atomic E-state index is 0.597. The summed E-state index contributed by atoms with van der Waals surface area (Å²) in [5.74, 6) is 1.97. The number of benzene rings is 2. The summed E-state index contributed by atoms with van der Waals surface area (Å²) in [6.45, 7) is 2.86. The number of aromatic amines is 1. The van der Waals surface area contributed by atoms with Gasteiger partial charge < -0.3 is 9.51 Å². The Kier molecular flexibility index (Phi) is 4.22. The molecule has 5 rings (SSSR count). The standard InChI is InChI=1S/C22H22N4O/c1-2-6-17(7-3-1)22-24-21(25-27-22)15-26-12-10-16(11-13-26)19-14-23-20-9-5-4-8-18(19)20/h1-9,14,16,23H,10-13,15H2. The van der Waals surface area contributed by atoms with E-state index in [1.54, 1.807) is 0 Å². The number of nitrogens with one attached hydrogen (secondary N) is 1. The molecule has 4 aromatic rings. The molecule has 0 amide bonds. The van der Waals surface area contributed by atoms with Crippen molar-refractivity contribution >= 4 is 10.9 Å². The molecule has 2 aromatic carbocycles. The van der Waals surface area contributed by atoms with Gasteiger partial charge in [-0.2, -0.15) is 4.98 Å². The van der Waals surface area contributed by atoms with Crippen molar-refractivity contribution in [3.8, 4) is 11.5 Å². The van der Waals surface area contributed by atoms with Gasteiger partial charge in [-0.1, -0.05) is 41.6 Å². The number of hydrogen-bond acceptors (Lipinski definition) is 4. The van der Waals surface area contributed by atoms with Crippen molar-refractivity contribution in [3.63, 3.8) is 0 Å². The molecule has 0 aliphatic carbocycles. The molecular formula is C22H22N4O. The van der Waals surface area contributed by atoms with Crippen LogP contribution >= 0.6 is 0 Å². The van der Waals surface area contributed by atoms with Crippen LogP contribution in [0.5, 0.6) is 0 Å². The molecule has 136 valence electrons. The molecule has 0 bridgehead atoms. The van der Waals surface area contributed by atoms with Gasteiger partial charge in [0, 0.05) is 22.7 Å². The maximum absolute atomic E-state index is 5.43. The summed E-state index contributed by atoms with van der Waals surface area (Å²) in [6.07, 6.45) is 4.51. The van der Waals surface area contributed by atoms with Crippen LogP contribution in [-0.4, -0.2) is 33.1 Å². The first-order valence-electron chi connectivity index (χ1n) is 9.53. The Bertz CT molecular complexity index is 1030. The minimum atomic E-state index is 0.597. The maximum atomic E-state index is 5.43. The normalized spacial score (nSPS) is 16.1. The summed E-state index contributed by atoms with van der Waals surface area (Å²) in [6, 6.07) is 18.5. The molecule has 5 nitrogen and oxygen atoms in total. The largest absolute Gasteiger partial charge is 0.361 e. The third-order valence-electron chi connectivity index (χ3n) is 5.50. The Morgan fingerprint density at radius 3 is 2.63 bits per heavy atom. The van der Waals surface area contributed by atoms with Gasteiger partial charge in [-0.15, -0.1) is 0 Å². The third-order valence-corrected chi connectivity index (χ3v) is 5.50. The second kappa shape index (κ2) is 7.00. The molecule has 1 N–H and O–H groups in total. The molecule has 0 saturated carbocycles. The van der Waals surface area contributed by atoms with Crippen LogP contribution < -0.4 is 0 Å². The van der Waals surface area contributed by atoms with Crippen LogP contribution in [0.15, 0.2) is 65.3 Å². The Hall–Kier alpha value is -2.92. The van der Waals surface area contributed by atoms with Crippen molar-refractivity contribution in [1.29, 1.82) is 0 Å². The first-order chi connectivity index (χ1) is 13.4. The zero-order chi connectivity index (χ0) is 18.1. The number of likely N-dealkylation sites (tertiary alicyclic amines) is 1. The van der Waals surface area contributed by atoms with Crippen LogP contribution in [0.3, 0.4) is 0 Å². The summed E-state index contributed by atoms with van der Waals surface area (Å²) in [5, 5.41) is 5.53. The highest BCUT2D eigenvalue weighted by Gasteiger charge is 2.23. The number of aromatic nitrogens is 3. The van der Waals surface area contributed by atoms with Crippen molar-refractivity contribution in [1.82, 2.24) is 20.0 Å². The lowest BCUT2D eigenvalue weighted by atomic mass is 9.89. The molecular weight excluding hydrogens is 336 g/mol. The Morgan fingerprint density at radius 2 is 1.78 bits per heavy atom. The average molecular weight is 358 g/mol. The summed E-state index contributed by atoms with van der Waals surface area (Å²) < 4.78 is 5.43. The third kappa shape index (κ3) is 3.26. The molecule has 5 heteroatoms. The van der Waals surface area contributed by atoms with Crippen LogP contribution in [-0.2, 0) is 6.54 Å².